The molecule has 0 radical (unpaired) electrons. The Hall–Kier alpha value is -1.06. The number of amides is 1. The fourth-order valence-electron chi connectivity index (χ4n) is 3.09. The maximum atomic E-state index is 12.6. The summed E-state index contributed by atoms with van der Waals surface area (Å²) in [5.74, 6) is -0.445. The third-order valence-electron chi connectivity index (χ3n) is 5.31. The Morgan fingerprint density at radius 3 is 2.14 bits per heavy atom. The third kappa shape index (κ3) is 4.72. The molecule has 0 aromatic rings. The van der Waals surface area contributed by atoms with Crippen molar-refractivity contribution in [2.45, 2.75) is 78.2 Å². The van der Waals surface area contributed by atoms with Crippen molar-refractivity contribution < 1.29 is 14.7 Å². The molecule has 4 nitrogen and oxygen atoms in total. The fraction of sp³-hybridized carbons (Fsp3) is 0.882. The summed E-state index contributed by atoms with van der Waals surface area (Å²) in [7, 11) is 1.80. The topological polar surface area (TPSA) is 57.6 Å². The van der Waals surface area contributed by atoms with Gasteiger partial charge in [-0.15, -0.1) is 0 Å². The summed E-state index contributed by atoms with van der Waals surface area (Å²) in [4.78, 5) is 25.6. The van der Waals surface area contributed by atoms with Gasteiger partial charge in [-0.2, -0.15) is 0 Å². The lowest BCUT2D eigenvalue weighted by molar-refractivity contribution is -0.146. The highest BCUT2D eigenvalue weighted by Gasteiger charge is 2.41. The first-order valence-corrected chi connectivity index (χ1v) is 8.07. The number of hydrogen-bond donors (Lipinski definition) is 1. The normalized spacial score (nSPS) is 19.9. The van der Waals surface area contributed by atoms with Crippen molar-refractivity contribution in [3.05, 3.63) is 0 Å². The van der Waals surface area contributed by atoms with E-state index in [2.05, 4.69) is 27.7 Å². The third-order valence-corrected chi connectivity index (χ3v) is 5.31. The zero-order chi connectivity index (χ0) is 16.3. The number of carbonyl (C=O) groups is 2. The minimum atomic E-state index is -0.805. The van der Waals surface area contributed by atoms with E-state index >= 15 is 0 Å². The number of carboxylic acids is 1. The molecule has 4 heteroatoms. The smallest absolute Gasteiger partial charge is 0.305 e. The standard InChI is InChI=1S/C17H31NO3/c1-13(16(2,3)4)11-14(19)18(5)17(12-15(20)21)9-7-6-8-10-17/h13H,6-12H2,1-5H3,(H,20,21). The average Bonchev–Trinajstić information content (AvgIpc) is 2.36. The molecule has 1 saturated carbocycles. The van der Waals surface area contributed by atoms with Crippen LogP contribution in [0.2, 0.25) is 0 Å². The summed E-state index contributed by atoms with van der Waals surface area (Å²) in [6.45, 7) is 8.51. The van der Waals surface area contributed by atoms with Crippen LogP contribution in [-0.4, -0.2) is 34.5 Å². The summed E-state index contributed by atoms with van der Waals surface area (Å²) < 4.78 is 0. The molecule has 1 fully saturated rings. The van der Waals surface area contributed by atoms with E-state index in [1.807, 2.05) is 0 Å². The maximum Gasteiger partial charge on any atom is 0.305 e. The molecule has 1 N–H and O–H groups in total. The number of hydrogen-bond acceptors (Lipinski definition) is 2. The van der Waals surface area contributed by atoms with Gasteiger partial charge in [-0.25, -0.2) is 0 Å². The molecule has 0 bridgehead atoms. The Balaban J connectivity index is 2.82. The van der Waals surface area contributed by atoms with Crippen LogP contribution in [0.5, 0.6) is 0 Å². The number of carbonyl (C=O) groups excluding carboxylic acids is 1. The molecule has 1 atom stereocenters. The van der Waals surface area contributed by atoms with Gasteiger partial charge in [0.05, 0.1) is 12.0 Å². The second-order valence-electron chi connectivity index (χ2n) is 7.78. The highest BCUT2D eigenvalue weighted by atomic mass is 16.4. The van der Waals surface area contributed by atoms with E-state index in [0.717, 1.165) is 32.1 Å². The van der Waals surface area contributed by atoms with Crippen LogP contribution in [0.3, 0.4) is 0 Å². The molecule has 1 aliphatic carbocycles. The van der Waals surface area contributed by atoms with E-state index < -0.39 is 11.5 Å². The van der Waals surface area contributed by atoms with E-state index in [1.165, 1.54) is 0 Å². The minimum absolute atomic E-state index is 0.0686. The van der Waals surface area contributed by atoms with Crippen molar-refractivity contribution in [1.29, 1.82) is 0 Å². The van der Waals surface area contributed by atoms with Gasteiger partial charge in [-0.3, -0.25) is 9.59 Å². The van der Waals surface area contributed by atoms with Gasteiger partial charge >= 0.3 is 5.97 Å². The second kappa shape index (κ2) is 6.80. The summed E-state index contributed by atoms with van der Waals surface area (Å²) >= 11 is 0. The largest absolute Gasteiger partial charge is 0.481 e. The van der Waals surface area contributed by atoms with E-state index in [4.69, 9.17) is 0 Å². The Labute approximate surface area is 128 Å². The van der Waals surface area contributed by atoms with E-state index in [1.54, 1.807) is 11.9 Å². The van der Waals surface area contributed by atoms with Crippen LogP contribution < -0.4 is 0 Å². The molecule has 0 spiro atoms. The monoisotopic (exact) mass is 297 g/mol. The minimum Gasteiger partial charge on any atom is -0.481 e. The molecular weight excluding hydrogens is 266 g/mol. The molecule has 0 aromatic heterocycles. The van der Waals surface area contributed by atoms with E-state index in [-0.39, 0.29) is 23.7 Å². The van der Waals surface area contributed by atoms with Crippen LogP contribution in [0.25, 0.3) is 0 Å². The van der Waals surface area contributed by atoms with Crippen LogP contribution >= 0.6 is 0 Å². The van der Waals surface area contributed by atoms with Crippen molar-refractivity contribution in [3.63, 3.8) is 0 Å². The molecule has 0 saturated heterocycles. The molecule has 1 amide bonds. The van der Waals surface area contributed by atoms with Crippen LogP contribution in [0.4, 0.5) is 0 Å². The van der Waals surface area contributed by atoms with Crippen molar-refractivity contribution >= 4 is 11.9 Å². The Kier molecular flexibility index (Phi) is 5.83. The summed E-state index contributed by atoms with van der Waals surface area (Å²) in [6.07, 6.45) is 5.35. The lowest BCUT2D eigenvalue weighted by Gasteiger charge is -2.44. The van der Waals surface area contributed by atoms with Crippen LogP contribution in [0.15, 0.2) is 0 Å². The highest BCUT2D eigenvalue weighted by Crippen LogP contribution is 2.37. The number of rotatable bonds is 5. The lowest BCUT2D eigenvalue weighted by atomic mass is 9.76. The van der Waals surface area contributed by atoms with E-state index in [9.17, 15) is 14.7 Å². The van der Waals surface area contributed by atoms with Gasteiger partial charge in [0, 0.05) is 13.5 Å². The Bertz CT molecular complexity index is 378. The van der Waals surface area contributed by atoms with Gasteiger partial charge < -0.3 is 10.0 Å². The summed E-state index contributed by atoms with van der Waals surface area (Å²) in [5.41, 5.74) is -0.387. The second-order valence-corrected chi connectivity index (χ2v) is 7.78. The molecule has 1 aliphatic rings. The Morgan fingerprint density at radius 2 is 1.71 bits per heavy atom. The lowest BCUT2D eigenvalue weighted by Crippen LogP contribution is -2.52. The molecule has 21 heavy (non-hydrogen) atoms. The predicted octanol–water partition coefficient (Wildman–Crippen LogP) is 3.69. The molecule has 0 aliphatic heterocycles. The van der Waals surface area contributed by atoms with E-state index in [0.29, 0.717) is 6.42 Å². The van der Waals surface area contributed by atoms with Crippen molar-refractivity contribution in [2.24, 2.45) is 11.3 Å². The average molecular weight is 297 g/mol. The number of aliphatic carboxylic acids is 1. The molecular formula is C17H31NO3. The zero-order valence-corrected chi connectivity index (χ0v) is 14.2. The molecule has 122 valence electrons. The van der Waals surface area contributed by atoms with Crippen LogP contribution in [0, 0.1) is 11.3 Å². The van der Waals surface area contributed by atoms with Gasteiger partial charge in [0.15, 0.2) is 0 Å². The van der Waals surface area contributed by atoms with Crippen LogP contribution in [0.1, 0.15) is 72.6 Å². The first kappa shape index (κ1) is 18.0. The predicted molar refractivity (Wildman–Crippen MR) is 84.1 cm³/mol. The molecule has 1 unspecified atom stereocenters. The zero-order valence-electron chi connectivity index (χ0n) is 14.2. The summed E-state index contributed by atoms with van der Waals surface area (Å²) in [5, 5.41) is 9.23. The quantitative estimate of drug-likeness (QED) is 0.842. The van der Waals surface area contributed by atoms with Gasteiger partial charge in [0.1, 0.15) is 0 Å². The van der Waals surface area contributed by atoms with Gasteiger partial charge in [0.25, 0.3) is 0 Å². The Morgan fingerprint density at radius 1 is 1.19 bits per heavy atom. The first-order chi connectivity index (χ1) is 9.58. The molecule has 0 aromatic carbocycles. The van der Waals surface area contributed by atoms with Gasteiger partial charge in [0.2, 0.25) is 5.91 Å². The first-order valence-electron chi connectivity index (χ1n) is 8.07. The van der Waals surface area contributed by atoms with Crippen molar-refractivity contribution in [2.75, 3.05) is 7.05 Å². The molecule has 0 heterocycles. The maximum absolute atomic E-state index is 12.6. The van der Waals surface area contributed by atoms with Crippen molar-refractivity contribution in [1.82, 2.24) is 4.90 Å². The summed E-state index contributed by atoms with van der Waals surface area (Å²) in [6, 6.07) is 0. The van der Waals surface area contributed by atoms with Crippen molar-refractivity contribution in [3.8, 4) is 0 Å². The fourth-order valence-corrected chi connectivity index (χ4v) is 3.09. The van der Waals surface area contributed by atoms with Gasteiger partial charge in [-0.1, -0.05) is 47.0 Å². The number of nitrogens with zero attached hydrogens (tertiary/aromatic N) is 1. The SMILES string of the molecule is CC(CC(=O)N(C)C1(CC(=O)O)CCCCC1)C(C)(C)C. The van der Waals surface area contributed by atoms with Crippen LogP contribution in [-0.2, 0) is 9.59 Å². The highest BCUT2D eigenvalue weighted by molar-refractivity contribution is 5.78. The number of carboxylic acid groups (broad SMARTS) is 1. The van der Waals surface area contributed by atoms with Gasteiger partial charge in [-0.05, 0) is 24.2 Å². The molecule has 1 rings (SSSR count).